The minimum Gasteiger partial charge on any atom is -0.320 e. The van der Waals surface area contributed by atoms with Crippen LogP contribution in [0.2, 0.25) is 0 Å². The van der Waals surface area contributed by atoms with Crippen LogP contribution < -0.4 is 5.73 Å². The van der Waals surface area contributed by atoms with E-state index in [-0.39, 0.29) is 12.8 Å². The molecule has 94 valence electrons. The molecule has 1 nitrogen and oxygen atoms in total. The zero-order valence-corrected chi connectivity index (χ0v) is 8.69. The van der Waals surface area contributed by atoms with Crippen LogP contribution in [0.1, 0.15) is 24.0 Å². The Morgan fingerprint density at radius 3 is 2.00 bits per heavy atom. The molecule has 1 aromatic rings. The summed E-state index contributed by atoms with van der Waals surface area (Å²) < 4.78 is 64.8. The van der Waals surface area contributed by atoms with Gasteiger partial charge in [-0.15, -0.1) is 0 Å². The molecule has 0 aromatic heterocycles. The van der Waals surface area contributed by atoms with Crippen LogP contribution in [0.5, 0.6) is 0 Å². The van der Waals surface area contributed by atoms with Crippen molar-refractivity contribution in [1.29, 1.82) is 0 Å². The molecule has 1 aromatic carbocycles. The van der Waals surface area contributed by atoms with Crippen molar-refractivity contribution in [2.24, 2.45) is 5.73 Å². The molecule has 6 heteroatoms. The Kier molecular flexibility index (Phi) is 2.47. The van der Waals surface area contributed by atoms with Crippen LogP contribution in [0, 0.1) is 0 Å². The van der Waals surface area contributed by atoms with Crippen LogP contribution in [0.4, 0.5) is 22.0 Å². The van der Waals surface area contributed by atoms with Crippen molar-refractivity contribution in [3.05, 3.63) is 35.4 Å². The van der Waals surface area contributed by atoms with Gasteiger partial charge in [-0.05, 0) is 25.0 Å². The van der Waals surface area contributed by atoms with Gasteiger partial charge in [0.1, 0.15) is 0 Å². The highest BCUT2D eigenvalue weighted by atomic mass is 19.4. The average molecular weight is 251 g/mol. The summed E-state index contributed by atoms with van der Waals surface area (Å²) in [6, 6.07) is 3.17. The molecule has 2 N–H and O–H groups in total. The van der Waals surface area contributed by atoms with Crippen molar-refractivity contribution in [3.63, 3.8) is 0 Å². The molecule has 0 radical (unpaired) electrons. The number of benzene rings is 1. The lowest BCUT2D eigenvalue weighted by Gasteiger charge is -2.24. The quantitative estimate of drug-likeness (QED) is 0.802. The summed E-state index contributed by atoms with van der Waals surface area (Å²) in [5.41, 5.74) is 1.94. The standard InChI is InChI=1S/C11H10F5N/c12-10(13,9(17)4-5-9)7-2-1-3-8(6-7)11(14,15)16/h1-3,6H,4-5,17H2. The molecule has 0 amide bonds. The van der Waals surface area contributed by atoms with Crippen molar-refractivity contribution in [2.45, 2.75) is 30.5 Å². The number of alkyl halides is 5. The predicted octanol–water partition coefficient (Wildman–Crippen LogP) is 3.29. The van der Waals surface area contributed by atoms with Gasteiger partial charge in [-0.2, -0.15) is 22.0 Å². The van der Waals surface area contributed by atoms with Crippen LogP contribution >= 0.6 is 0 Å². The summed E-state index contributed by atoms with van der Waals surface area (Å²) in [5.74, 6) is -3.42. The normalized spacial score (nSPS) is 19.2. The third-order valence-electron chi connectivity index (χ3n) is 2.97. The van der Waals surface area contributed by atoms with Gasteiger partial charge >= 0.3 is 6.18 Å². The molecular formula is C11H10F5N. The van der Waals surface area contributed by atoms with Crippen molar-refractivity contribution < 1.29 is 22.0 Å². The molecule has 0 spiro atoms. The van der Waals surface area contributed by atoms with Gasteiger partial charge in [0.05, 0.1) is 11.1 Å². The first-order chi connectivity index (χ1) is 7.67. The van der Waals surface area contributed by atoms with E-state index in [1.807, 2.05) is 0 Å². The molecule has 1 aliphatic rings. The highest BCUT2D eigenvalue weighted by Crippen LogP contribution is 2.52. The third-order valence-corrected chi connectivity index (χ3v) is 2.97. The maximum Gasteiger partial charge on any atom is 0.416 e. The molecule has 0 unspecified atom stereocenters. The molecule has 0 atom stereocenters. The zero-order chi connectivity index (χ0) is 12.9. The molecule has 1 fully saturated rings. The Labute approximate surface area is 94.4 Å². The van der Waals surface area contributed by atoms with Crippen molar-refractivity contribution in [2.75, 3.05) is 0 Å². The van der Waals surface area contributed by atoms with Crippen molar-refractivity contribution in [1.82, 2.24) is 0 Å². The monoisotopic (exact) mass is 251 g/mol. The highest BCUT2D eigenvalue weighted by Gasteiger charge is 2.60. The maximum absolute atomic E-state index is 13.8. The SMILES string of the molecule is NC1(C(F)(F)c2cccc(C(F)(F)F)c2)CC1. The number of hydrogen-bond donors (Lipinski definition) is 1. The molecule has 0 saturated heterocycles. The van der Waals surface area contributed by atoms with Gasteiger partial charge < -0.3 is 5.73 Å². The molecule has 0 bridgehead atoms. The largest absolute Gasteiger partial charge is 0.416 e. The topological polar surface area (TPSA) is 26.0 Å². The van der Waals surface area contributed by atoms with E-state index in [2.05, 4.69) is 0 Å². The average Bonchev–Trinajstić information content (AvgIpc) is 2.97. The first kappa shape index (κ1) is 12.3. The summed E-state index contributed by atoms with van der Waals surface area (Å²) in [4.78, 5) is 0. The lowest BCUT2D eigenvalue weighted by atomic mass is 9.98. The molecule has 1 aliphatic carbocycles. The third kappa shape index (κ3) is 2.01. The van der Waals surface area contributed by atoms with E-state index in [9.17, 15) is 22.0 Å². The number of hydrogen-bond acceptors (Lipinski definition) is 1. The molecule has 2 rings (SSSR count). The van der Waals surface area contributed by atoms with E-state index in [1.165, 1.54) is 0 Å². The maximum atomic E-state index is 13.8. The molecule has 0 aliphatic heterocycles. The Hall–Kier alpha value is -1.17. The highest BCUT2D eigenvalue weighted by molar-refractivity contribution is 5.33. The Bertz CT molecular complexity index is 434. The van der Waals surface area contributed by atoms with E-state index in [1.54, 1.807) is 0 Å². The first-order valence-corrected chi connectivity index (χ1v) is 5.01. The minimum atomic E-state index is -4.63. The van der Waals surface area contributed by atoms with Gasteiger partial charge in [-0.1, -0.05) is 12.1 Å². The van der Waals surface area contributed by atoms with Crippen LogP contribution in [0.25, 0.3) is 0 Å². The van der Waals surface area contributed by atoms with Gasteiger partial charge in [-0.25, -0.2) is 0 Å². The Morgan fingerprint density at radius 1 is 1.00 bits per heavy atom. The van der Waals surface area contributed by atoms with E-state index >= 15 is 0 Å². The van der Waals surface area contributed by atoms with Gasteiger partial charge in [0.15, 0.2) is 0 Å². The number of nitrogens with two attached hydrogens (primary N) is 1. The lowest BCUT2D eigenvalue weighted by molar-refractivity contribution is -0.137. The smallest absolute Gasteiger partial charge is 0.320 e. The summed E-state index contributed by atoms with van der Waals surface area (Å²) >= 11 is 0. The van der Waals surface area contributed by atoms with E-state index in [0.29, 0.717) is 6.07 Å². The minimum absolute atomic E-state index is 0.121. The fourth-order valence-corrected chi connectivity index (χ4v) is 1.63. The van der Waals surface area contributed by atoms with Gasteiger partial charge in [0.25, 0.3) is 5.92 Å². The molecule has 1 saturated carbocycles. The summed E-state index contributed by atoms with van der Waals surface area (Å²) in [5, 5.41) is 0. The molecular weight excluding hydrogens is 241 g/mol. The van der Waals surface area contributed by atoms with Crippen LogP contribution in [0.15, 0.2) is 24.3 Å². The fraction of sp³-hybridized carbons (Fsp3) is 0.455. The van der Waals surface area contributed by atoms with Gasteiger partial charge in [0, 0.05) is 5.56 Å². The van der Waals surface area contributed by atoms with Crippen LogP contribution in [-0.4, -0.2) is 5.54 Å². The predicted molar refractivity (Wildman–Crippen MR) is 51.5 cm³/mol. The molecule has 0 heterocycles. The van der Waals surface area contributed by atoms with E-state index in [4.69, 9.17) is 5.73 Å². The lowest BCUT2D eigenvalue weighted by Crippen LogP contribution is -2.41. The first-order valence-electron chi connectivity index (χ1n) is 5.01. The summed E-state index contributed by atoms with van der Waals surface area (Å²) in [6.45, 7) is 0. The van der Waals surface area contributed by atoms with Crippen LogP contribution in [0.3, 0.4) is 0 Å². The van der Waals surface area contributed by atoms with Crippen molar-refractivity contribution in [3.8, 4) is 0 Å². The second-order valence-electron chi connectivity index (χ2n) is 4.31. The fourth-order valence-electron chi connectivity index (χ4n) is 1.63. The number of rotatable bonds is 2. The number of halogens is 5. The Morgan fingerprint density at radius 2 is 1.53 bits per heavy atom. The Balaban J connectivity index is 2.40. The van der Waals surface area contributed by atoms with E-state index in [0.717, 1.165) is 18.2 Å². The van der Waals surface area contributed by atoms with Crippen molar-refractivity contribution >= 4 is 0 Å². The van der Waals surface area contributed by atoms with Crippen LogP contribution in [-0.2, 0) is 12.1 Å². The zero-order valence-electron chi connectivity index (χ0n) is 8.69. The van der Waals surface area contributed by atoms with Gasteiger partial charge in [0.2, 0.25) is 0 Å². The van der Waals surface area contributed by atoms with Gasteiger partial charge in [-0.3, -0.25) is 0 Å². The molecule has 17 heavy (non-hydrogen) atoms. The summed E-state index contributed by atoms with van der Waals surface area (Å²) in [7, 11) is 0. The summed E-state index contributed by atoms with van der Waals surface area (Å²) in [6.07, 6.45) is -4.39. The van der Waals surface area contributed by atoms with E-state index < -0.39 is 28.8 Å². The second-order valence-corrected chi connectivity index (χ2v) is 4.31. The second kappa shape index (κ2) is 3.41.